The van der Waals surface area contributed by atoms with Gasteiger partial charge in [-0.15, -0.1) is 0 Å². The number of aromatic nitrogens is 2. The molecule has 2 heterocycles. The number of anilines is 1. The Bertz CT molecular complexity index is 1930. The van der Waals surface area contributed by atoms with Gasteiger partial charge in [-0.2, -0.15) is 8.42 Å². The minimum Gasteiger partial charge on any atom is -0.303 e. The first-order valence-corrected chi connectivity index (χ1v) is 17.1. The maximum Gasteiger partial charge on any atom is 0.326 e. The Morgan fingerprint density at radius 3 is 1.98 bits per heavy atom. The number of hydrogen-bond donors (Lipinski definition) is 1. The molecule has 1 saturated heterocycles. The van der Waals surface area contributed by atoms with Gasteiger partial charge in [-0.05, 0) is 77.4 Å². The van der Waals surface area contributed by atoms with Crippen LogP contribution in [0.4, 0.5) is 5.69 Å². The number of nitrogens with one attached hydrogen (secondary N) is 1. The highest BCUT2D eigenvalue weighted by Crippen LogP contribution is 2.34. The zero-order valence-corrected chi connectivity index (χ0v) is 26.3. The predicted octanol–water partition coefficient (Wildman–Crippen LogP) is 7.68. The summed E-state index contributed by atoms with van der Waals surface area (Å²) in [5, 5.41) is 0.655. The van der Waals surface area contributed by atoms with Crippen LogP contribution in [0.3, 0.4) is 0 Å². The normalized spacial score (nSPS) is 16.6. The zero-order chi connectivity index (χ0) is 31.0. The van der Waals surface area contributed by atoms with Crippen LogP contribution in [0, 0.1) is 0 Å². The predicted molar refractivity (Wildman–Crippen MR) is 179 cm³/mol. The molecule has 45 heavy (non-hydrogen) atoms. The summed E-state index contributed by atoms with van der Waals surface area (Å²) >= 11 is 6.14. The first-order valence-electron chi connectivity index (χ1n) is 15.3. The van der Waals surface area contributed by atoms with Crippen molar-refractivity contribution in [1.82, 2.24) is 14.3 Å². The summed E-state index contributed by atoms with van der Waals surface area (Å²) < 4.78 is 29.8. The van der Waals surface area contributed by atoms with E-state index in [1.807, 2.05) is 51.9 Å². The van der Waals surface area contributed by atoms with E-state index in [4.69, 9.17) is 16.6 Å². The van der Waals surface area contributed by atoms with E-state index < -0.39 is 16.1 Å². The van der Waals surface area contributed by atoms with E-state index in [2.05, 4.69) is 48.5 Å². The number of hydrogen-bond acceptors (Lipinski definition) is 4. The van der Waals surface area contributed by atoms with Gasteiger partial charge in [-0.3, -0.25) is 4.79 Å². The van der Waals surface area contributed by atoms with Gasteiger partial charge in [0.05, 0.1) is 11.4 Å². The van der Waals surface area contributed by atoms with Crippen LogP contribution in [-0.4, -0.2) is 30.4 Å². The lowest BCUT2D eigenvalue weighted by atomic mass is 9.83. The molecule has 7 nitrogen and oxygen atoms in total. The van der Waals surface area contributed by atoms with Crippen LogP contribution in [0.1, 0.15) is 55.0 Å². The summed E-state index contributed by atoms with van der Waals surface area (Å²) in [6, 6.07) is 32.4. The summed E-state index contributed by atoms with van der Waals surface area (Å²) in [5.74, 6) is 0.983. The lowest BCUT2D eigenvalue weighted by Crippen LogP contribution is -2.29. The molecular weight excluding hydrogens is 604 g/mol. The maximum absolute atomic E-state index is 12.3. The molecule has 2 aliphatic rings. The highest BCUT2D eigenvalue weighted by Gasteiger charge is 2.34. The van der Waals surface area contributed by atoms with E-state index in [-0.39, 0.29) is 6.54 Å². The molecule has 1 aliphatic heterocycles. The van der Waals surface area contributed by atoms with Gasteiger partial charge >= 0.3 is 10.2 Å². The molecule has 4 aromatic carbocycles. The summed E-state index contributed by atoms with van der Waals surface area (Å²) in [6.45, 7) is -0.237. The van der Waals surface area contributed by atoms with Gasteiger partial charge in [0.2, 0.25) is 0 Å². The second-order valence-corrected chi connectivity index (χ2v) is 13.8. The third kappa shape index (κ3) is 6.26. The first-order chi connectivity index (χ1) is 21.8. The number of imidazole rings is 1. The monoisotopic (exact) mass is 636 g/mol. The van der Waals surface area contributed by atoms with Crippen molar-refractivity contribution in [2.45, 2.75) is 44.4 Å². The van der Waals surface area contributed by atoms with Crippen molar-refractivity contribution in [3.63, 3.8) is 0 Å². The molecule has 7 rings (SSSR count). The molecular formula is C36H33ClN4O3S. The summed E-state index contributed by atoms with van der Waals surface area (Å²) in [5.41, 5.74) is 7.96. The molecule has 0 radical (unpaired) electrons. The number of rotatable bonds is 7. The van der Waals surface area contributed by atoms with E-state index in [0.717, 1.165) is 32.6 Å². The van der Waals surface area contributed by atoms with E-state index in [1.54, 1.807) is 12.1 Å². The van der Waals surface area contributed by atoms with E-state index >= 15 is 0 Å². The van der Waals surface area contributed by atoms with Crippen molar-refractivity contribution in [3.8, 4) is 28.1 Å². The summed E-state index contributed by atoms with van der Waals surface area (Å²) in [6.07, 6.45) is 9.20. The number of halogens is 1. The highest BCUT2D eigenvalue weighted by atomic mass is 35.5. The lowest BCUT2D eigenvalue weighted by Gasteiger charge is -2.22. The molecule has 0 bridgehead atoms. The van der Waals surface area contributed by atoms with Crippen LogP contribution in [0.2, 0.25) is 5.02 Å². The standard InChI is InChI=1S/C36H33ClN4O3S/c37-31-16-14-30(15-17-31)34-23-40(32-18-20-33(21-19-32)41-24-36(42)39-45(41,43)44)35(38-34)22-25-6-8-27(9-7-25)29-12-10-28(11-13-29)26-4-2-1-3-5-26/h6-21,23,26H,1-5,22,24H2,(H,39,42). The van der Waals surface area contributed by atoms with Gasteiger partial charge in [-0.25, -0.2) is 14.0 Å². The number of amides is 1. The Balaban J connectivity index is 1.15. The molecule has 1 aliphatic carbocycles. The Kier molecular flexibility index (Phi) is 7.94. The molecule has 228 valence electrons. The second-order valence-electron chi connectivity index (χ2n) is 11.8. The SMILES string of the molecule is O=C1CN(c2ccc(-n3cc(-c4ccc(Cl)cc4)nc3Cc3ccc(-c4ccc(C5CCCCC5)cc4)cc3)cc2)S(=O)(=O)N1. The quantitative estimate of drug-likeness (QED) is 0.199. The minimum absolute atomic E-state index is 0.237. The summed E-state index contributed by atoms with van der Waals surface area (Å²) in [4.78, 5) is 16.7. The van der Waals surface area contributed by atoms with E-state index in [9.17, 15) is 13.2 Å². The van der Waals surface area contributed by atoms with Crippen molar-refractivity contribution >= 4 is 33.4 Å². The minimum atomic E-state index is -3.88. The average molecular weight is 637 g/mol. The molecule has 0 atom stereocenters. The van der Waals surface area contributed by atoms with E-state index in [1.165, 1.54) is 48.8 Å². The van der Waals surface area contributed by atoms with Crippen molar-refractivity contribution in [1.29, 1.82) is 0 Å². The number of carbonyl (C=O) groups is 1. The molecule has 2 fully saturated rings. The molecule has 1 aromatic heterocycles. The van der Waals surface area contributed by atoms with Gasteiger partial charge in [0.1, 0.15) is 12.4 Å². The third-order valence-corrected chi connectivity index (χ3v) is 10.4. The molecule has 9 heteroatoms. The van der Waals surface area contributed by atoms with Gasteiger partial charge in [-0.1, -0.05) is 91.5 Å². The average Bonchev–Trinajstić information content (AvgIpc) is 3.61. The van der Waals surface area contributed by atoms with Crippen LogP contribution in [0.5, 0.6) is 0 Å². The van der Waals surface area contributed by atoms with Crippen molar-refractivity contribution in [2.75, 3.05) is 10.8 Å². The molecule has 0 unspecified atom stereocenters. The number of benzene rings is 4. The van der Waals surface area contributed by atoms with Gasteiger partial charge in [0.15, 0.2) is 0 Å². The van der Waals surface area contributed by atoms with Crippen molar-refractivity contribution < 1.29 is 13.2 Å². The van der Waals surface area contributed by atoms with Gasteiger partial charge in [0, 0.05) is 28.9 Å². The van der Waals surface area contributed by atoms with Crippen LogP contribution < -0.4 is 9.03 Å². The van der Waals surface area contributed by atoms with Crippen molar-refractivity contribution in [3.05, 3.63) is 125 Å². The number of carbonyl (C=O) groups excluding carboxylic acids is 1. The lowest BCUT2D eigenvalue weighted by molar-refractivity contribution is -0.117. The third-order valence-electron chi connectivity index (χ3n) is 8.79. The van der Waals surface area contributed by atoms with Gasteiger partial charge in [0.25, 0.3) is 5.91 Å². The first kappa shape index (κ1) is 29.3. The Morgan fingerprint density at radius 2 is 1.36 bits per heavy atom. The second kappa shape index (κ2) is 12.2. The fourth-order valence-corrected chi connectivity index (χ4v) is 7.64. The molecule has 1 N–H and O–H groups in total. The Morgan fingerprint density at radius 1 is 0.756 bits per heavy atom. The van der Waals surface area contributed by atoms with Crippen LogP contribution >= 0.6 is 11.6 Å². The topological polar surface area (TPSA) is 84.3 Å². The fraction of sp³-hybridized carbons (Fsp3) is 0.222. The Labute approximate surface area is 268 Å². The molecule has 1 saturated carbocycles. The molecule has 1 amide bonds. The van der Waals surface area contributed by atoms with Crippen molar-refractivity contribution in [2.24, 2.45) is 0 Å². The van der Waals surface area contributed by atoms with Crippen LogP contribution in [0.15, 0.2) is 103 Å². The largest absolute Gasteiger partial charge is 0.326 e. The molecule has 5 aromatic rings. The molecule has 0 spiro atoms. The van der Waals surface area contributed by atoms with Gasteiger partial charge < -0.3 is 4.57 Å². The van der Waals surface area contributed by atoms with E-state index in [0.29, 0.717) is 23.0 Å². The van der Waals surface area contributed by atoms with Crippen LogP contribution in [0.25, 0.3) is 28.1 Å². The maximum atomic E-state index is 12.3. The number of nitrogens with zero attached hydrogens (tertiary/aromatic N) is 3. The Hall–Kier alpha value is -4.40. The smallest absolute Gasteiger partial charge is 0.303 e. The zero-order valence-electron chi connectivity index (χ0n) is 24.7. The highest BCUT2D eigenvalue weighted by molar-refractivity contribution is 7.92. The van der Waals surface area contributed by atoms with Crippen LogP contribution in [-0.2, 0) is 21.4 Å². The summed E-state index contributed by atoms with van der Waals surface area (Å²) in [7, 11) is -3.88. The fourth-order valence-electron chi connectivity index (χ4n) is 6.36.